The van der Waals surface area contributed by atoms with Crippen LogP contribution < -0.4 is 25.8 Å². The van der Waals surface area contributed by atoms with Crippen LogP contribution in [0, 0.1) is 0 Å². The van der Waals surface area contributed by atoms with Gasteiger partial charge in [-0.1, -0.05) is 25.3 Å². The molecule has 3 rings (SSSR count). The Morgan fingerprint density at radius 2 is 1.84 bits per heavy atom. The molecule has 1 amide bonds. The van der Waals surface area contributed by atoms with Crippen molar-refractivity contribution in [2.24, 2.45) is 10.7 Å². The Labute approximate surface area is 183 Å². The summed E-state index contributed by atoms with van der Waals surface area (Å²) >= 11 is 0. The van der Waals surface area contributed by atoms with Gasteiger partial charge in [-0.2, -0.15) is 0 Å². The van der Waals surface area contributed by atoms with Crippen LogP contribution in [0.1, 0.15) is 54.0 Å². The summed E-state index contributed by atoms with van der Waals surface area (Å²) in [5, 5.41) is 6.71. The molecule has 8 nitrogen and oxygen atoms in total. The van der Waals surface area contributed by atoms with Crippen molar-refractivity contribution in [3.05, 3.63) is 47.4 Å². The second kappa shape index (κ2) is 10.2. The number of benzene rings is 1. The fourth-order valence-corrected chi connectivity index (χ4v) is 4.21. The van der Waals surface area contributed by atoms with Gasteiger partial charge < -0.3 is 30.3 Å². The first kappa shape index (κ1) is 22.5. The molecule has 4 N–H and O–H groups in total. The van der Waals surface area contributed by atoms with Crippen molar-refractivity contribution in [2.75, 3.05) is 27.8 Å². The number of hydrogen-bond donors (Lipinski definition) is 3. The van der Waals surface area contributed by atoms with E-state index in [0.29, 0.717) is 18.3 Å². The maximum atomic E-state index is 11.2. The number of ether oxygens (including phenoxy) is 2. The van der Waals surface area contributed by atoms with E-state index in [1.54, 1.807) is 33.4 Å². The molecule has 1 aliphatic carbocycles. The molecule has 1 aromatic heterocycles. The molecule has 1 saturated carbocycles. The molecule has 1 aliphatic rings. The number of hydrogen-bond acceptors (Lipinski definition) is 5. The zero-order valence-corrected chi connectivity index (χ0v) is 18.5. The fourth-order valence-electron chi connectivity index (χ4n) is 4.21. The molecule has 0 atom stereocenters. The highest BCUT2D eigenvalue weighted by molar-refractivity contribution is 5.89. The number of nitrogens with one attached hydrogen (secondary N) is 2. The summed E-state index contributed by atoms with van der Waals surface area (Å²) in [6.07, 6.45) is 5.80. The Hall–Kier alpha value is -3.16. The van der Waals surface area contributed by atoms with E-state index in [1.165, 1.54) is 24.8 Å². The summed E-state index contributed by atoms with van der Waals surface area (Å²) in [5.74, 6) is 2.33. The highest BCUT2D eigenvalue weighted by Crippen LogP contribution is 2.42. The van der Waals surface area contributed by atoms with Crippen molar-refractivity contribution in [1.29, 1.82) is 0 Å². The number of furan rings is 1. The molecule has 0 spiro atoms. The number of amides is 1. The van der Waals surface area contributed by atoms with Crippen LogP contribution in [0.2, 0.25) is 0 Å². The first-order chi connectivity index (χ1) is 15.0. The fraction of sp³-hybridized carbons (Fsp3) is 0.478. The van der Waals surface area contributed by atoms with Gasteiger partial charge in [-0.15, -0.1) is 0 Å². The van der Waals surface area contributed by atoms with Crippen molar-refractivity contribution in [2.45, 2.75) is 44.1 Å². The number of carbonyl (C=O) groups excluding carboxylic acids is 1. The van der Waals surface area contributed by atoms with Crippen LogP contribution in [0.4, 0.5) is 0 Å². The molecule has 0 aliphatic heterocycles. The number of rotatable bonds is 8. The third-order valence-corrected chi connectivity index (χ3v) is 5.96. The minimum Gasteiger partial charge on any atom is -0.493 e. The van der Waals surface area contributed by atoms with Crippen LogP contribution in [-0.4, -0.2) is 39.7 Å². The Bertz CT molecular complexity index is 916. The molecule has 1 aromatic carbocycles. The van der Waals surface area contributed by atoms with Crippen molar-refractivity contribution in [1.82, 2.24) is 10.6 Å². The van der Waals surface area contributed by atoms with E-state index in [1.807, 2.05) is 6.07 Å². The molecule has 1 fully saturated rings. The second-order valence-electron chi connectivity index (χ2n) is 7.82. The highest BCUT2D eigenvalue weighted by Gasteiger charge is 2.34. The number of methoxy groups -OCH3 is 2. The zero-order valence-electron chi connectivity index (χ0n) is 18.5. The Kier molecular flexibility index (Phi) is 7.44. The van der Waals surface area contributed by atoms with Crippen molar-refractivity contribution >= 4 is 11.9 Å². The number of guanidine groups is 1. The Morgan fingerprint density at radius 3 is 2.45 bits per heavy atom. The molecule has 31 heavy (non-hydrogen) atoms. The van der Waals surface area contributed by atoms with E-state index in [9.17, 15) is 4.79 Å². The van der Waals surface area contributed by atoms with Gasteiger partial charge in [-0.25, -0.2) is 0 Å². The molecular weight excluding hydrogens is 396 g/mol. The highest BCUT2D eigenvalue weighted by atomic mass is 16.5. The van der Waals surface area contributed by atoms with E-state index >= 15 is 0 Å². The predicted octanol–water partition coefficient (Wildman–Crippen LogP) is 2.96. The van der Waals surface area contributed by atoms with E-state index in [4.69, 9.17) is 19.6 Å². The molecule has 2 aromatic rings. The lowest BCUT2D eigenvalue weighted by atomic mass is 9.69. The third kappa shape index (κ3) is 5.31. The van der Waals surface area contributed by atoms with E-state index in [0.717, 1.165) is 30.9 Å². The van der Waals surface area contributed by atoms with Gasteiger partial charge in [0.05, 0.1) is 20.8 Å². The van der Waals surface area contributed by atoms with Gasteiger partial charge in [-0.05, 0) is 42.7 Å². The minimum atomic E-state index is -0.581. The van der Waals surface area contributed by atoms with E-state index in [-0.39, 0.29) is 11.2 Å². The molecule has 0 saturated heterocycles. The molecule has 0 bridgehead atoms. The Balaban J connectivity index is 1.70. The average Bonchev–Trinajstić information content (AvgIpc) is 3.29. The van der Waals surface area contributed by atoms with Crippen molar-refractivity contribution < 1.29 is 18.7 Å². The van der Waals surface area contributed by atoms with Crippen LogP contribution in [0.3, 0.4) is 0 Å². The molecule has 168 valence electrons. The largest absolute Gasteiger partial charge is 0.493 e. The summed E-state index contributed by atoms with van der Waals surface area (Å²) in [6.45, 7) is 1.14. The van der Waals surface area contributed by atoms with Gasteiger partial charge in [0.2, 0.25) is 0 Å². The van der Waals surface area contributed by atoms with Crippen LogP contribution in [0.25, 0.3) is 0 Å². The van der Waals surface area contributed by atoms with Crippen LogP contribution in [0.5, 0.6) is 11.5 Å². The van der Waals surface area contributed by atoms with Gasteiger partial charge in [0, 0.05) is 19.0 Å². The standard InChI is InChI=1S/C23H32N4O4/c1-25-22(26-14-17-8-10-19(31-17)21(24)28)27-15-23(11-5-4-6-12-23)16-7-9-18(29-2)20(13-16)30-3/h7-10,13H,4-6,11-12,14-15H2,1-3H3,(H2,24,28)(H2,25,26,27). The zero-order chi connectivity index (χ0) is 22.3. The van der Waals surface area contributed by atoms with Gasteiger partial charge in [0.25, 0.3) is 5.91 Å². The minimum absolute atomic E-state index is 0.0146. The normalized spacial score (nSPS) is 15.9. The SMILES string of the molecule is CN=C(NCc1ccc(C(N)=O)o1)NCC1(c2ccc(OC)c(OC)c2)CCCCC1. The number of aliphatic imine (C=N–C) groups is 1. The molecule has 1 heterocycles. The Morgan fingerprint density at radius 1 is 1.10 bits per heavy atom. The number of primary amides is 1. The maximum absolute atomic E-state index is 11.2. The molecular formula is C23H32N4O4. The summed E-state index contributed by atoms with van der Waals surface area (Å²) in [7, 11) is 5.05. The average molecular weight is 429 g/mol. The molecule has 0 radical (unpaired) electrons. The summed E-state index contributed by atoms with van der Waals surface area (Å²) in [5.41, 5.74) is 6.47. The third-order valence-electron chi connectivity index (χ3n) is 5.96. The van der Waals surface area contributed by atoms with Crippen LogP contribution in [0.15, 0.2) is 39.7 Å². The smallest absolute Gasteiger partial charge is 0.284 e. The molecule has 0 unspecified atom stereocenters. The lowest BCUT2D eigenvalue weighted by Crippen LogP contribution is -2.46. The number of carbonyl (C=O) groups is 1. The van der Waals surface area contributed by atoms with E-state index < -0.39 is 5.91 Å². The van der Waals surface area contributed by atoms with Gasteiger partial charge in [0.15, 0.2) is 23.2 Å². The molecule has 8 heteroatoms. The van der Waals surface area contributed by atoms with E-state index in [2.05, 4.69) is 27.8 Å². The maximum Gasteiger partial charge on any atom is 0.284 e. The quantitative estimate of drug-likeness (QED) is 0.440. The van der Waals surface area contributed by atoms with Crippen molar-refractivity contribution in [3.8, 4) is 11.5 Å². The lowest BCUT2D eigenvalue weighted by molar-refractivity contribution is 0.0972. The summed E-state index contributed by atoms with van der Waals surface area (Å²) < 4.78 is 16.4. The van der Waals surface area contributed by atoms with Crippen molar-refractivity contribution in [3.63, 3.8) is 0 Å². The topological polar surface area (TPSA) is 111 Å². The monoisotopic (exact) mass is 428 g/mol. The second-order valence-corrected chi connectivity index (χ2v) is 7.82. The first-order valence-electron chi connectivity index (χ1n) is 10.6. The summed E-state index contributed by atoms with van der Waals surface area (Å²) in [6, 6.07) is 9.51. The van der Waals surface area contributed by atoms with Crippen LogP contribution in [-0.2, 0) is 12.0 Å². The van der Waals surface area contributed by atoms with Crippen LogP contribution >= 0.6 is 0 Å². The lowest BCUT2D eigenvalue weighted by Gasteiger charge is -2.38. The van der Waals surface area contributed by atoms with Gasteiger partial charge in [0.1, 0.15) is 5.76 Å². The summed E-state index contributed by atoms with van der Waals surface area (Å²) in [4.78, 5) is 15.5. The van der Waals surface area contributed by atoms with Gasteiger partial charge >= 0.3 is 0 Å². The first-order valence-corrected chi connectivity index (χ1v) is 10.6. The predicted molar refractivity (Wildman–Crippen MR) is 120 cm³/mol. The number of nitrogens with two attached hydrogens (primary N) is 1. The number of nitrogens with zero attached hydrogens (tertiary/aromatic N) is 1. The van der Waals surface area contributed by atoms with Gasteiger partial charge in [-0.3, -0.25) is 9.79 Å².